The predicted molar refractivity (Wildman–Crippen MR) is 58.2 cm³/mol. The summed E-state index contributed by atoms with van der Waals surface area (Å²) < 4.78 is 0. The zero-order chi connectivity index (χ0) is 11.0. The molecule has 4 nitrogen and oxygen atoms in total. The van der Waals surface area contributed by atoms with E-state index < -0.39 is 6.09 Å². The molecule has 1 aliphatic rings. The summed E-state index contributed by atoms with van der Waals surface area (Å²) in [6, 6.07) is 0.0433. The number of thiazole rings is 1. The van der Waals surface area contributed by atoms with Gasteiger partial charge < -0.3 is 10.0 Å². The van der Waals surface area contributed by atoms with E-state index in [0.29, 0.717) is 6.54 Å². The van der Waals surface area contributed by atoms with E-state index in [0.717, 1.165) is 28.4 Å². The molecule has 2 heterocycles. The summed E-state index contributed by atoms with van der Waals surface area (Å²) in [5.74, 6) is 0. The summed E-state index contributed by atoms with van der Waals surface area (Å²) in [5.41, 5.74) is 1.10. The lowest BCUT2D eigenvalue weighted by molar-refractivity contribution is 0.120. The van der Waals surface area contributed by atoms with Crippen molar-refractivity contribution in [1.82, 2.24) is 9.88 Å². The van der Waals surface area contributed by atoms with E-state index in [1.165, 1.54) is 4.90 Å². The molecule has 0 saturated heterocycles. The molecular formula is C10H14N2O2S. The van der Waals surface area contributed by atoms with Crippen LogP contribution < -0.4 is 0 Å². The Hall–Kier alpha value is -1.10. The molecule has 82 valence electrons. The molecular weight excluding hydrogens is 212 g/mol. The van der Waals surface area contributed by atoms with Crippen molar-refractivity contribution in [2.24, 2.45) is 0 Å². The number of rotatable bonds is 1. The third-order valence-corrected chi connectivity index (χ3v) is 3.93. The van der Waals surface area contributed by atoms with Crippen molar-refractivity contribution in [3.63, 3.8) is 0 Å². The Balaban J connectivity index is 2.28. The van der Waals surface area contributed by atoms with Crippen LogP contribution in [0.25, 0.3) is 0 Å². The van der Waals surface area contributed by atoms with Gasteiger partial charge in [-0.25, -0.2) is 9.78 Å². The van der Waals surface area contributed by atoms with Gasteiger partial charge in [0.15, 0.2) is 0 Å². The highest BCUT2D eigenvalue weighted by Gasteiger charge is 2.28. The molecule has 1 aliphatic heterocycles. The molecule has 1 aromatic rings. The first kappa shape index (κ1) is 10.4. The lowest BCUT2D eigenvalue weighted by Crippen LogP contribution is -2.41. The number of carboxylic acid groups (broad SMARTS) is 1. The Morgan fingerprint density at radius 1 is 1.73 bits per heavy atom. The molecule has 0 spiro atoms. The van der Waals surface area contributed by atoms with E-state index in [9.17, 15) is 4.79 Å². The molecule has 15 heavy (non-hydrogen) atoms. The number of carbonyl (C=O) groups is 1. The third-order valence-electron chi connectivity index (χ3n) is 2.71. The summed E-state index contributed by atoms with van der Waals surface area (Å²) in [6.07, 6.45) is 0.844. The van der Waals surface area contributed by atoms with Crippen molar-refractivity contribution < 1.29 is 9.90 Å². The van der Waals surface area contributed by atoms with Gasteiger partial charge in [-0.2, -0.15) is 0 Å². The zero-order valence-electron chi connectivity index (χ0n) is 8.86. The summed E-state index contributed by atoms with van der Waals surface area (Å²) in [5, 5.41) is 10.1. The molecule has 0 aliphatic carbocycles. The molecule has 0 fully saturated rings. The quantitative estimate of drug-likeness (QED) is 0.798. The van der Waals surface area contributed by atoms with Gasteiger partial charge in [-0.05, 0) is 13.3 Å². The lowest BCUT2D eigenvalue weighted by atomic mass is 10.1. The maximum atomic E-state index is 11.0. The fourth-order valence-corrected chi connectivity index (χ4v) is 2.86. The number of aryl methyl sites for hydroxylation is 1. The summed E-state index contributed by atoms with van der Waals surface area (Å²) in [4.78, 5) is 18.1. The van der Waals surface area contributed by atoms with Gasteiger partial charge in [0.05, 0.1) is 17.2 Å². The van der Waals surface area contributed by atoms with Gasteiger partial charge in [-0.15, -0.1) is 11.3 Å². The smallest absolute Gasteiger partial charge is 0.407 e. The topological polar surface area (TPSA) is 53.4 Å². The second-order valence-electron chi connectivity index (χ2n) is 3.79. The lowest BCUT2D eigenvalue weighted by Gasteiger charge is -2.29. The van der Waals surface area contributed by atoms with Crippen LogP contribution in [0.2, 0.25) is 0 Å². The second kappa shape index (κ2) is 3.81. The van der Waals surface area contributed by atoms with E-state index in [2.05, 4.69) is 11.9 Å². The predicted octanol–water partition coefficient (Wildman–Crippen LogP) is 2.13. The standard InChI is InChI=1S/C10H14N2O2S/c1-3-9-11-7-4-6(2)12(10(13)14)5-8(7)15-9/h6H,3-5H2,1-2H3,(H,13,14)/t6-/m1/s1. The number of hydrogen-bond acceptors (Lipinski definition) is 3. The van der Waals surface area contributed by atoms with Gasteiger partial charge in [-0.1, -0.05) is 6.92 Å². The number of aromatic nitrogens is 1. The normalized spacial score (nSPS) is 20.1. The second-order valence-corrected chi connectivity index (χ2v) is 4.96. The minimum Gasteiger partial charge on any atom is -0.465 e. The number of fused-ring (bicyclic) bond motifs is 1. The zero-order valence-corrected chi connectivity index (χ0v) is 9.67. The fourth-order valence-electron chi connectivity index (χ4n) is 1.83. The van der Waals surface area contributed by atoms with Gasteiger partial charge in [-0.3, -0.25) is 0 Å². The first-order valence-corrected chi connectivity index (χ1v) is 5.90. The van der Waals surface area contributed by atoms with E-state index in [1.807, 2.05) is 6.92 Å². The van der Waals surface area contributed by atoms with E-state index in [1.54, 1.807) is 11.3 Å². The van der Waals surface area contributed by atoms with Crippen LogP contribution in [0, 0.1) is 0 Å². The molecule has 5 heteroatoms. The first-order valence-electron chi connectivity index (χ1n) is 5.08. The molecule has 0 saturated carbocycles. The summed E-state index contributed by atoms with van der Waals surface area (Å²) in [7, 11) is 0. The van der Waals surface area contributed by atoms with Gasteiger partial charge >= 0.3 is 6.09 Å². The van der Waals surface area contributed by atoms with Crippen LogP contribution in [0.15, 0.2) is 0 Å². The minimum absolute atomic E-state index is 0.0433. The monoisotopic (exact) mass is 226 g/mol. The Bertz CT molecular complexity index is 389. The molecule has 2 rings (SSSR count). The van der Waals surface area contributed by atoms with Crippen molar-refractivity contribution in [1.29, 1.82) is 0 Å². The van der Waals surface area contributed by atoms with E-state index >= 15 is 0 Å². The van der Waals surface area contributed by atoms with Crippen LogP contribution in [-0.4, -0.2) is 27.1 Å². The molecule has 0 bridgehead atoms. The van der Waals surface area contributed by atoms with Gasteiger partial charge in [0.2, 0.25) is 0 Å². The van der Waals surface area contributed by atoms with Crippen molar-refractivity contribution in [3.05, 3.63) is 15.6 Å². The fraction of sp³-hybridized carbons (Fsp3) is 0.600. The average molecular weight is 226 g/mol. The highest BCUT2D eigenvalue weighted by Crippen LogP contribution is 2.28. The molecule has 1 aromatic heterocycles. The van der Waals surface area contributed by atoms with Crippen molar-refractivity contribution in [2.45, 2.75) is 39.3 Å². The largest absolute Gasteiger partial charge is 0.465 e. The molecule has 1 atom stereocenters. The van der Waals surface area contributed by atoms with Gasteiger partial charge in [0.1, 0.15) is 0 Å². The summed E-state index contributed by atoms with van der Waals surface area (Å²) >= 11 is 1.64. The molecule has 0 radical (unpaired) electrons. The van der Waals surface area contributed by atoms with Crippen LogP contribution in [0.1, 0.15) is 29.4 Å². The molecule has 1 amide bonds. The van der Waals surface area contributed by atoms with E-state index in [4.69, 9.17) is 5.11 Å². The number of amides is 1. The van der Waals surface area contributed by atoms with Crippen LogP contribution in [0.5, 0.6) is 0 Å². The Kier molecular flexibility index (Phi) is 2.65. The average Bonchev–Trinajstić information content (AvgIpc) is 2.58. The Morgan fingerprint density at radius 2 is 2.47 bits per heavy atom. The molecule has 0 unspecified atom stereocenters. The number of hydrogen-bond donors (Lipinski definition) is 1. The van der Waals surface area contributed by atoms with Crippen molar-refractivity contribution in [3.8, 4) is 0 Å². The molecule has 1 N–H and O–H groups in total. The van der Waals surface area contributed by atoms with Crippen LogP contribution in [0.3, 0.4) is 0 Å². The Labute approximate surface area is 92.6 Å². The highest BCUT2D eigenvalue weighted by atomic mass is 32.1. The SMILES string of the molecule is CCc1nc2c(s1)CN(C(=O)O)[C@H](C)C2. The number of nitrogens with zero attached hydrogens (tertiary/aromatic N) is 2. The van der Waals surface area contributed by atoms with Crippen molar-refractivity contribution in [2.75, 3.05) is 0 Å². The van der Waals surface area contributed by atoms with Crippen LogP contribution in [-0.2, 0) is 19.4 Å². The highest BCUT2D eigenvalue weighted by molar-refractivity contribution is 7.11. The molecule has 0 aromatic carbocycles. The Morgan fingerprint density at radius 3 is 3.07 bits per heavy atom. The van der Waals surface area contributed by atoms with E-state index in [-0.39, 0.29) is 6.04 Å². The first-order chi connectivity index (χ1) is 7.11. The van der Waals surface area contributed by atoms with Gasteiger partial charge in [0, 0.05) is 17.3 Å². The van der Waals surface area contributed by atoms with Crippen LogP contribution in [0.4, 0.5) is 4.79 Å². The maximum Gasteiger partial charge on any atom is 0.407 e. The van der Waals surface area contributed by atoms with Crippen molar-refractivity contribution >= 4 is 17.4 Å². The van der Waals surface area contributed by atoms with Gasteiger partial charge in [0.25, 0.3) is 0 Å². The minimum atomic E-state index is -0.834. The summed E-state index contributed by atoms with van der Waals surface area (Å²) in [6.45, 7) is 4.51. The third kappa shape index (κ3) is 1.84. The maximum absolute atomic E-state index is 11.0. The van der Waals surface area contributed by atoms with Crippen LogP contribution >= 0.6 is 11.3 Å².